The summed E-state index contributed by atoms with van der Waals surface area (Å²) in [6.45, 7) is 4.79. The van der Waals surface area contributed by atoms with E-state index in [1.807, 2.05) is 6.92 Å². The fourth-order valence-corrected chi connectivity index (χ4v) is 1.68. The number of H-pyrrole nitrogens is 1. The summed E-state index contributed by atoms with van der Waals surface area (Å²) in [5.74, 6) is 0.812. The number of hydrogen-bond donors (Lipinski definition) is 1. The van der Waals surface area contributed by atoms with Crippen molar-refractivity contribution in [3.8, 4) is 0 Å². The normalized spacial score (nSPS) is 12.7. The van der Waals surface area contributed by atoms with Crippen LogP contribution in [0.3, 0.4) is 0 Å². The lowest BCUT2D eigenvalue weighted by Gasteiger charge is -2.15. The van der Waals surface area contributed by atoms with Gasteiger partial charge in [0.1, 0.15) is 16.6 Å². The van der Waals surface area contributed by atoms with Gasteiger partial charge in [-0.3, -0.25) is 0 Å². The number of nitrogens with zero attached hydrogens (tertiary/aromatic N) is 1. The van der Waals surface area contributed by atoms with Crippen LogP contribution >= 0.6 is 28.1 Å². The van der Waals surface area contributed by atoms with E-state index in [4.69, 9.17) is 17.0 Å². The number of aromatic nitrogens is 2. The second-order valence-electron chi connectivity index (χ2n) is 3.18. The molecule has 0 saturated heterocycles. The average Bonchev–Trinajstić information content (AvgIpc) is 2.22. The van der Waals surface area contributed by atoms with Crippen molar-refractivity contribution < 1.29 is 4.74 Å². The Morgan fingerprint density at radius 1 is 1.60 bits per heavy atom. The molecule has 0 aliphatic rings. The van der Waals surface area contributed by atoms with Crippen molar-refractivity contribution in [3.05, 3.63) is 21.1 Å². The van der Waals surface area contributed by atoms with Crippen LogP contribution < -0.4 is 0 Å². The quantitative estimate of drug-likeness (QED) is 0.839. The first-order valence-corrected chi connectivity index (χ1v) is 6.25. The molecule has 1 N–H and O–H groups in total. The van der Waals surface area contributed by atoms with Crippen LogP contribution in [0.4, 0.5) is 0 Å². The molecule has 1 atom stereocenters. The van der Waals surface area contributed by atoms with Gasteiger partial charge >= 0.3 is 0 Å². The summed E-state index contributed by atoms with van der Waals surface area (Å²) in [5.41, 5.74) is 0. The van der Waals surface area contributed by atoms with Crippen molar-refractivity contribution >= 4 is 28.1 Å². The standard InChI is InChI=1S/C10H15BrN2OS/c1-3-5-8(14-4-2)9-12-6-7(11)10(15)13-9/h6,8H,3-5H2,1-2H3,(H,12,13,15). The van der Waals surface area contributed by atoms with Crippen LogP contribution in [0.5, 0.6) is 0 Å². The van der Waals surface area contributed by atoms with Gasteiger partial charge in [0.25, 0.3) is 0 Å². The first kappa shape index (κ1) is 12.8. The van der Waals surface area contributed by atoms with Crippen molar-refractivity contribution in [3.63, 3.8) is 0 Å². The van der Waals surface area contributed by atoms with Crippen LogP contribution in [0.25, 0.3) is 0 Å². The van der Waals surface area contributed by atoms with Gasteiger partial charge in [-0.2, -0.15) is 0 Å². The average molecular weight is 291 g/mol. The van der Waals surface area contributed by atoms with Crippen LogP contribution in [0, 0.1) is 4.64 Å². The van der Waals surface area contributed by atoms with Crippen LogP contribution in [0.15, 0.2) is 10.7 Å². The summed E-state index contributed by atoms with van der Waals surface area (Å²) in [6, 6.07) is 0. The van der Waals surface area contributed by atoms with Gasteiger partial charge in [0.05, 0.1) is 4.47 Å². The van der Waals surface area contributed by atoms with E-state index in [9.17, 15) is 0 Å². The third kappa shape index (κ3) is 3.66. The summed E-state index contributed by atoms with van der Waals surface area (Å²) in [5, 5.41) is 0. The minimum Gasteiger partial charge on any atom is -0.371 e. The highest BCUT2D eigenvalue weighted by atomic mass is 79.9. The number of halogens is 1. The second-order valence-corrected chi connectivity index (χ2v) is 4.44. The second kappa shape index (κ2) is 6.35. The summed E-state index contributed by atoms with van der Waals surface area (Å²) in [7, 11) is 0. The topological polar surface area (TPSA) is 37.9 Å². The molecule has 84 valence electrons. The van der Waals surface area contributed by atoms with E-state index < -0.39 is 0 Å². The van der Waals surface area contributed by atoms with Crippen LogP contribution in [-0.2, 0) is 4.74 Å². The maximum absolute atomic E-state index is 5.61. The molecule has 1 heterocycles. The number of rotatable bonds is 5. The molecule has 3 nitrogen and oxygen atoms in total. The molecule has 0 aliphatic carbocycles. The Morgan fingerprint density at radius 2 is 2.33 bits per heavy atom. The molecule has 15 heavy (non-hydrogen) atoms. The lowest BCUT2D eigenvalue weighted by atomic mass is 10.2. The number of aromatic amines is 1. The molecule has 1 aromatic rings. The van der Waals surface area contributed by atoms with E-state index in [0.29, 0.717) is 11.2 Å². The van der Waals surface area contributed by atoms with Crippen molar-refractivity contribution in [2.75, 3.05) is 6.61 Å². The lowest BCUT2D eigenvalue weighted by molar-refractivity contribution is 0.0492. The predicted molar refractivity (Wildman–Crippen MR) is 66.4 cm³/mol. The molecule has 1 unspecified atom stereocenters. The minimum atomic E-state index is 0.0230. The summed E-state index contributed by atoms with van der Waals surface area (Å²) >= 11 is 8.45. The van der Waals surface area contributed by atoms with Crippen molar-refractivity contribution in [2.24, 2.45) is 0 Å². The van der Waals surface area contributed by atoms with Gasteiger partial charge in [-0.25, -0.2) is 4.98 Å². The zero-order valence-corrected chi connectivity index (χ0v) is 11.3. The van der Waals surface area contributed by atoms with E-state index in [-0.39, 0.29) is 6.10 Å². The Bertz CT molecular complexity index is 361. The van der Waals surface area contributed by atoms with Crippen LogP contribution in [0.1, 0.15) is 38.6 Å². The van der Waals surface area contributed by atoms with E-state index in [1.165, 1.54) is 0 Å². The van der Waals surface area contributed by atoms with Crippen molar-refractivity contribution in [1.29, 1.82) is 0 Å². The van der Waals surface area contributed by atoms with Crippen molar-refractivity contribution in [1.82, 2.24) is 9.97 Å². The number of nitrogens with one attached hydrogen (secondary N) is 1. The first-order valence-electron chi connectivity index (χ1n) is 5.05. The zero-order chi connectivity index (χ0) is 11.3. The number of ether oxygens (including phenoxy) is 1. The highest BCUT2D eigenvalue weighted by molar-refractivity contribution is 9.10. The van der Waals surface area contributed by atoms with Gasteiger partial charge in [0, 0.05) is 12.8 Å². The summed E-state index contributed by atoms with van der Waals surface area (Å²) < 4.78 is 7.09. The maximum Gasteiger partial charge on any atom is 0.136 e. The fraction of sp³-hybridized carbons (Fsp3) is 0.600. The molecule has 1 rings (SSSR count). The highest BCUT2D eigenvalue weighted by Gasteiger charge is 2.12. The van der Waals surface area contributed by atoms with E-state index in [0.717, 1.165) is 23.1 Å². The summed E-state index contributed by atoms with van der Waals surface area (Å²) in [4.78, 5) is 7.36. The first-order chi connectivity index (χ1) is 7.19. The molecule has 1 aromatic heterocycles. The Hall–Kier alpha value is -0.260. The molecule has 0 saturated carbocycles. The Balaban J connectivity index is 2.90. The molecule has 0 fully saturated rings. The van der Waals surface area contributed by atoms with E-state index in [1.54, 1.807) is 6.20 Å². The highest BCUT2D eigenvalue weighted by Crippen LogP contribution is 2.20. The molecule has 0 radical (unpaired) electrons. The zero-order valence-electron chi connectivity index (χ0n) is 8.92. The maximum atomic E-state index is 5.61. The molecule has 5 heteroatoms. The third-order valence-corrected chi connectivity index (χ3v) is 3.18. The predicted octanol–water partition coefficient (Wildman–Crippen LogP) is 3.78. The van der Waals surface area contributed by atoms with Crippen molar-refractivity contribution in [2.45, 2.75) is 32.8 Å². The molecule has 0 spiro atoms. The molecule has 0 amide bonds. The smallest absolute Gasteiger partial charge is 0.136 e. The minimum absolute atomic E-state index is 0.0230. The van der Waals surface area contributed by atoms with Gasteiger partial charge in [0.2, 0.25) is 0 Å². The van der Waals surface area contributed by atoms with Gasteiger partial charge in [-0.05, 0) is 29.3 Å². The van der Waals surface area contributed by atoms with Crippen LogP contribution in [-0.4, -0.2) is 16.6 Å². The van der Waals surface area contributed by atoms with Crippen LogP contribution in [0.2, 0.25) is 0 Å². The number of hydrogen-bond acceptors (Lipinski definition) is 3. The monoisotopic (exact) mass is 290 g/mol. The van der Waals surface area contributed by atoms with Gasteiger partial charge in [-0.1, -0.05) is 25.6 Å². The largest absolute Gasteiger partial charge is 0.371 e. The van der Waals surface area contributed by atoms with Gasteiger partial charge < -0.3 is 9.72 Å². The molecule has 0 aliphatic heterocycles. The summed E-state index contributed by atoms with van der Waals surface area (Å²) in [6.07, 6.45) is 3.75. The van der Waals surface area contributed by atoms with Gasteiger partial charge in [-0.15, -0.1) is 0 Å². The van der Waals surface area contributed by atoms with Gasteiger partial charge in [0.15, 0.2) is 0 Å². The Morgan fingerprint density at radius 3 is 2.87 bits per heavy atom. The van der Waals surface area contributed by atoms with E-state index >= 15 is 0 Å². The molecule has 0 bridgehead atoms. The fourth-order valence-electron chi connectivity index (χ4n) is 1.32. The molecular formula is C10H15BrN2OS. The Kier molecular flexibility index (Phi) is 5.42. The third-order valence-electron chi connectivity index (χ3n) is 2.00. The molecule has 0 aromatic carbocycles. The molecular weight excluding hydrogens is 276 g/mol. The Labute approximate surface area is 103 Å². The SMILES string of the molecule is CCCC(OCC)c1ncc(Br)c(=S)[nH]1. The van der Waals surface area contributed by atoms with E-state index in [2.05, 4.69) is 32.8 Å². The lowest BCUT2D eigenvalue weighted by Crippen LogP contribution is -2.08.